The third kappa shape index (κ3) is 2.87. The van der Waals surface area contributed by atoms with Crippen molar-refractivity contribution in [1.29, 1.82) is 0 Å². The molecule has 5 nitrogen and oxygen atoms in total. The summed E-state index contributed by atoms with van der Waals surface area (Å²) in [5.74, 6) is -0.403. The number of amides is 1. The molecular formula is C8H11BrNO4-. The molecule has 0 aromatic carbocycles. The lowest BCUT2D eigenvalue weighted by Gasteiger charge is -2.36. The van der Waals surface area contributed by atoms with Crippen molar-refractivity contribution in [3.63, 3.8) is 0 Å². The molecule has 1 saturated heterocycles. The zero-order valence-corrected chi connectivity index (χ0v) is 9.32. The van der Waals surface area contributed by atoms with Crippen molar-refractivity contribution in [2.24, 2.45) is 0 Å². The third-order valence-electron chi connectivity index (χ3n) is 2.05. The largest absolute Gasteiger partial charge is 0.530 e. The van der Waals surface area contributed by atoms with E-state index in [1.165, 1.54) is 6.92 Å². The molecule has 2 unspecified atom stereocenters. The summed E-state index contributed by atoms with van der Waals surface area (Å²) in [6.07, 6.45) is -1.02. The van der Waals surface area contributed by atoms with Crippen LogP contribution in [0.25, 0.3) is 0 Å². The highest BCUT2D eigenvalue weighted by atomic mass is 79.9. The van der Waals surface area contributed by atoms with Crippen molar-refractivity contribution in [2.45, 2.75) is 24.3 Å². The minimum atomic E-state index is -1.22. The van der Waals surface area contributed by atoms with Gasteiger partial charge in [0, 0.05) is 13.5 Å². The van der Waals surface area contributed by atoms with Gasteiger partial charge in [0.2, 0.25) is 0 Å². The van der Waals surface area contributed by atoms with Gasteiger partial charge in [-0.05, 0) is 6.42 Å². The number of hydrogen-bond acceptors (Lipinski definition) is 4. The summed E-state index contributed by atoms with van der Waals surface area (Å²) in [6, 6.07) is 0. The van der Waals surface area contributed by atoms with E-state index < -0.39 is 18.2 Å². The number of piperidine rings is 1. The van der Waals surface area contributed by atoms with Gasteiger partial charge in [-0.15, -0.1) is 0 Å². The van der Waals surface area contributed by atoms with E-state index in [1.54, 1.807) is 0 Å². The SMILES string of the molecule is CC(=O)OC1CN(C(=O)[O-])CCC1Br. The second kappa shape index (κ2) is 4.63. The van der Waals surface area contributed by atoms with E-state index in [4.69, 9.17) is 4.74 Å². The monoisotopic (exact) mass is 264 g/mol. The highest BCUT2D eigenvalue weighted by molar-refractivity contribution is 9.09. The Balaban J connectivity index is 2.55. The molecule has 14 heavy (non-hydrogen) atoms. The number of ether oxygens (including phenoxy) is 1. The molecule has 1 fully saturated rings. The molecule has 0 radical (unpaired) electrons. The molecule has 0 N–H and O–H groups in total. The fraction of sp³-hybridized carbons (Fsp3) is 0.750. The minimum absolute atomic E-state index is 0.0157. The van der Waals surface area contributed by atoms with Gasteiger partial charge >= 0.3 is 5.97 Å². The van der Waals surface area contributed by atoms with E-state index in [-0.39, 0.29) is 11.4 Å². The van der Waals surface area contributed by atoms with E-state index >= 15 is 0 Å². The van der Waals surface area contributed by atoms with Crippen molar-refractivity contribution < 1.29 is 19.4 Å². The first-order valence-corrected chi connectivity index (χ1v) is 5.19. The van der Waals surface area contributed by atoms with Gasteiger partial charge in [0.1, 0.15) is 12.2 Å². The molecule has 80 valence electrons. The molecule has 0 saturated carbocycles. The number of nitrogens with zero attached hydrogens (tertiary/aromatic N) is 1. The summed E-state index contributed by atoms with van der Waals surface area (Å²) in [5, 5.41) is 10.6. The van der Waals surface area contributed by atoms with Crippen molar-refractivity contribution in [1.82, 2.24) is 4.90 Å². The number of alkyl halides is 1. The first kappa shape index (κ1) is 11.3. The van der Waals surface area contributed by atoms with Gasteiger partial charge in [-0.25, -0.2) is 0 Å². The van der Waals surface area contributed by atoms with Gasteiger partial charge in [0.05, 0.1) is 11.4 Å². The van der Waals surface area contributed by atoms with Crippen molar-refractivity contribution >= 4 is 28.0 Å². The Morgan fingerprint density at radius 3 is 2.71 bits per heavy atom. The molecule has 0 spiro atoms. The minimum Gasteiger partial charge on any atom is -0.530 e. The van der Waals surface area contributed by atoms with Gasteiger partial charge in [-0.3, -0.25) is 4.79 Å². The van der Waals surface area contributed by atoms with Crippen LogP contribution in [0.2, 0.25) is 0 Å². The molecule has 1 rings (SSSR count). The van der Waals surface area contributed by atoms with Crippen LogP contribution in [0.1, 0.15) is 13.3 Å². The molecule has 1 aliphatic heterocycles. The molecule has 1 amide bonds. The van der Waals surface area contributed by atoms with E-state index in [2.05, 4.69) is 15.9 Å². The normalized spacial score (nSPS) is 27.1. The Kier molecular flexibility index (Phi) is 3.74. The number of hydrogen-bond donors (Lipinski definition) is 0. The number of carboxylic acid groups (broad SMARTS) is 1. The first-order chi connectivity index (χ1) is 6.50. The van der Waals surface area contributed by atoms with Gasteiger partial charge < -0.3 is 19.5 Å². The highest BCUT2D eigenvalue weighted by Gasteiger charge is 2.29. The van der Waals surface area contributed by atoms with Crippen LogP contribution in [0.4, 0.5) is 4.79 Å². The Morgan fingerprint density at radius 2 is 2.21 bits per heavy atom. The van der Waals surface area contributed by atoms with Crippen LogP contribution in [-0.2, 0) is 9.53 Å². The smallest absolute Gasteiger partial charge is 0.303 e. The maximum atomic E-state index is 10.7. The molecule has 0 aromatic heterocycles. The van der Waals surface area contributed by atoms with Crippen LogP contribution < -0.4 is 5.11 Å². The number of rotatable bonds is 1. The number of halogens is 1. The summed E-state index contributed by atoms with van der Waals surface area (Å²) in [5.41, 5.74) is 0. The standard InChI is InChI=1S/C8H12BrNO4/c1-5(11)14-7-4-10(8(12)13)3-2-6(7)9/h6-7H,2-4H2,1H3,(H,12,13)/p-1. The fourth-order valence-electron chi connectivity index (χ4n) is 1.38. The van der Waals surface area contributed by atoms with Gasteiger partial charge in [-0.1, -0.05) is 15.9 Å². The summed E-state index contributed by atoms with van der Waals surface area (Å²) in [7, 11) is 0. The van der Waals surface area contributed by atoms with Crippen LogP contribution in [0.15, 0.2) is 0 Å². The second-order valence-electron chi connectivity index (χ2n) is 3.16. The Labute approximate surface area is 90.1 Å². The Morgan fingerprint density at radius 1 is 1.57 bits per heavy atom. The fourth-order valence-corrected chi connectivity index (χ4v) is 1.86. The predicted molar refractivity (Wildman–Crippen MR) is 49.9 cm³/mol. The number of likely N-dealkylation sites (tertiary alicyclic amines) is 1. The number of esters is 1. The Bertz CT molecular complexity index is 245. The first-order valence-electron chi connectivity index (χ1n) is 4.28. The molecule has 1 heterocycles. The highest BCUT2D eigenvalue weighted by Crippen LogP contribution is 2.20. The molecule has 0 aromatic rings. The van der Waals surface area contributed by atoms with E-state index in [0.717, 1.165) is 4.90 Å². The maximum Gasteiger partial charge on any atom is 0.303 e. The van der Waals surface area contributed by atoms with E-state index in [9.17, 15) is 14.7 Å². The van der Waals surface area contributed by atoms with Crippen LogP contribution in [0.3, 0.4) is 0 Å². The lowest BCUT2D eigenvalue weighted by atomic mass is 10.1. The Hall–Kier alpha value is -0.780. The number of carbonyl (C=O) groups excluding carboxylic acids is 2. The molecule has 0 aliphatic carbocycles. The summed E-state index contributed by atoms with van der Waals surface area (Å²) < 4.78 is 4.97. The maximum absolute atomic E-state index is 10.7. The zero-order chi connectivity index (χ0) is 10.7. The lowest BCUT2D eigenvalue weighted by molar-refractivity contribution is -0.267. The average Bonchev–Trinajstić information content (AvgIpc) is 2.07. The van der Waals surface area contributed by atoms with Crippen molar-refractivity contribution in [3.05, 3.63) is 0 Å². The molecule has 0 bridgehead atoms. The molecule has 1 aliphatic rings. The van der Waals surface area contributed by atoms with Crippen LogP contribution in [-0.4, -0.2) is 41.0 Å². The summed E-state index contributed by atoms with van der Waals surface area (Å²) >= 11 is 3.34. The second-order valence-corrected chi connectivity index (χ2v) is 4.34. The van der Waals surface area contributed by atoms with Crippen molar-refractivity contribution in [3.8, 4) is 0 Å². The molecule has 2 atom stereocenters. The predicted octanol–water partition coefficient (Wildman–Crippen LogP) is -0.269. The van der Waals surface area contributed by atoms with Crippen LogP contribution in [0.5, 0.6) is 0 Å². The molecule has 6 heteroatoms. The number of carbonyl (C=O) groups is 2. The third-order valence-corrected chi connectivity index (χ3v) is 3.10. The summed E-state index contributed by atoms with van der Waals surface area (Å²) in [4.78, 5) is 22.4. The topological polar surface area (TPSA) is 69.7 Å². The summed E-state index contributed by atoms with van der Waals surface area (Å²) in [6.45, 7) is 1.89. The van der Waals surface area contributed by atoms with Gasteiger partial charge in [-0.2, -0.15) is 0 Å². The molecular weight excluding hydrogens is 254 g/mol. The van der Waals surface area contributed by atoms with E-state index in [1.807, 2.05) is 0 Å². The van der Waals surface area contributed by atoms with Crippen LogP contribution in [0, 0.1) is 0 Å². The van der Waals surface area contributed by atoms with Crippen LogP contribution >= 0.6 is 15.9 Å². The van der Waals surface area contributed by atoms with Gasteiger partial charge in [0.25, 0.3) is 0 Å². The average molecular weight is 265 g/mol. The quantitative estimate of drug-likeness (QED) is 0.483. The van der Waals surface area contributed by atoms with E-state index in [0.29, 0.717) is 13.0 Å². The zero-order valence-electron chi connectivity index (χ0n) is 7.73. The van der Waals surface area contributed by atoms with Gasteiger partial charge in [0.15, 0.2) is 0 Å². The lowest BCUT2D eigenvalue weighted by Crippen LogP contribution is -2.52. The van der Waals surface area contributed by atoms with Crippen molar-refractivity contribution in [2.75, 3.05) is 13.1 Å².